The van der Waals surface area contributed by atoms with Gasteiger partial charge in [0, 0.05) is 11.1 Å². The Bertz CT molecular complexity index is 743. The summed E-state index contributed by atoms with van der Waals surface area (Å²) in [5.41, 5.74) is 0.278. The topological polar surface area (TPSA) is 46.2 Å². The zero-order valence-corrected chi connectivity index (χ0v) is 11.9. The molecule has 0 saturated heterocycles. The van der Waals surface area contributed by atoms with Gasteiger partial charge in [-0.05, 0) is 36.8 Å². The highest BCUT2D eigenvalue weighted by Gasteiger charge is 2.18. The predicted octanol–water partition coefficient (Wildman–Crippen LogP) is 3.73. The molecule has 0 saturated carbocycles. The summed E-state index contributed by atoms with van der Waals surface area (Å²) >= 11 is 5.76. The number of halogens is 3. The van der Waals surface area contributed by atoms with E-state index in [0.29, 0.717) is 11.6 Å². The highest BCUT2D eigenvalue weighted by atomic mass is 35.5. The van der Waals surface area contributed by atoms with Gasteiger partial charge < -0.3 is 0 Å². The van der Waals surface area contributed by atoms with Crippen LogP contribution in [0.2, 0.25) is 5.02 Å². The summed E-state index contributed by atoms with van der Waals surface area (Å²) in [6.45, 7) is 1.59. The third-order valence-electron chi connectivity index (χ3n) is 2.55. The number of rotatable bonds is 3. The highest BCUT2D eigenvalue weighted by molar-refractivity contribution is 7.92. The first-order chi connectivity index (χ1) is 9.28. The number of sulfonamides is 1. The lowest BCUT2D eigenvalue weighted by molar-refractivity contribution is 0.584. The molecule has 0 heterocycles. The maximum atomic E-state index is 13.1. The van der Waals surface area contributed by atoms with E-state index in [0.717, 1.165) is 12.1 Å². The average Bonchev–Trinajstić information content (AvgIpc) is 2.30. The van der Waals surface area contributed by atoms with Crippen LogP contribution in [0.3, 0.4) is 0 Å². The van der Waals surface area contributed by atoms with Crippen molar-refractivity contribution < 1.29 is 17.2 Å². The lowest BCUT2D eigenvalue weighted by atomic mass is 10.2. The molecule has 0 aliphatic carbocycles. The average molecular weight is 318 g/mol. The maximum Gasteiger partial charge on any atom is 0.262 e. The Labute approximate surface area is 120 Å². The number of anilines is 1. The minimum atomic E-state index is -3.97. The fourth-order valence-electron chi connectivity index (χ4n) is 1.69. The first-order valence-electron chi connectivity index (χ1n) is 5.53. The molecule has 0 aromatic heterocycles. The van der Waals surface area contributed by atoms with E-state index in [4.69, 9.17) is 11.6 Å². The molecule has 2 aromatic carbocycles. The monoisotopic (exact) mass is 317 g/mol. The van der Waals surface area contributed by atoms with Crippen LogP contribution in [-0.2, 0) is 10.0 Å². The SMILES string of the molecule is Cc1ccc(Cl)cc1S(=O)(=O)Nc1cc(F)cc(F)c1. The highest BCUT2D eigenvalue weighted by Crippen LogP contribution is 2.23. The maximum absolute atomic E-state index is 13.1. The lowest BCUT2D eigenvalue weighted by Gasteiger charge is -2.11. The fourth-order valence-corrected chi connectivity index (χ4v) is 3.24. The summed E-state index contributed by atoms with van der Waals surface area (Å²) in [5, 5.41) is 0.251. The summed E-state index contributed by atoms with van der Waals surface area (Å²) in [6, 6.07) is 6.80. The van der Waals surface area contributed by atoms with Gasteiger partial charge in [-0.3, -0.25) is 4.72 Å². The summed E-state index contributed by atoms with van der Waals surface area (Å²) < 4.78 is 52.6. The zero-order chi connectivity index (χ0) is 14.9. The van der Waals surface area contributed by atoms with Gasteiger partial charge in [0.05, 0.1) is 10.6 Å². The molecule has 0 spiro atoms. The van der Waals surface area contributed by atoms with Gasteiger partial charge in [0.25, 0.3) is 10.0 Å². The first kappa shape index (κ1) is 14.7. The Morgan fingerprint density at radius 3 is 2.25 bits per heavy atom. The molecule has 0 bridgehead atoms. The Kier molecular flexibility index (Phi) is 3.96. The smallest absolute Gasteiger partial charge is 0.262 e. The standard InChI is InChI=1S/C13H10ClF2NO2S/c1-8-2-3-9(14)4-13(8)20(18,19)17-12-6-10(15)5-11(16)7-12/h2-7,17H,1H3. The molecule has 0 aliphatic rings. The van der Waals surface area contributed by atoms with Crippen LogP contribution >= 0.6 is 11.6 Å². The Morgan fingerprint density at radius 1 is 1.05 bits per heavy atom. The summed E-state index contributed by atoms with van der Waals surface area (Å²) in [6.07, 6.45) is 0. The van der Waals surface area contributed by atoms with Crippen molar-refractivity contribution in [3.05, 3.63) is 58.6 Å². The molecule has 3 nitrogen and oxygen atoms in total. The van der Waals surface area contributed by atoms with Crippen LogP contribution in [0.25, 0.3) is 0 Å². The second kappa shape index (κ2) is 5.38. The third-order valence-corrected chi connectivity index (χ3v) is 4.31. The van der Waals surface area contributed by atoms with Crippen LogP contribution < -0.4 is 4.72 Å². The zero-order valence-electron chi connectivity index (χ0n) is 10.3. The molecule has 0 aliphatic heterocycles. The van der Waals surface area contributed by atoms with Crippen LogP contribution in [0, 0.1) is 18.6 Å². The summed E-state index contributed by atoms with van der Waals surface area (Å²) in [5.74, 6) is -1.74. The van der Waals surface area contributed by atoms with Gasteiger partial charge in [-0.25, -0.2) is 17.2 Å². The van der Waals surface area contributed by atoms with Crippen molar-refractivity contribution in [2.24, 2.45) is 0 Å². The van der Waals surface area contributed by atoms with Crippen molar-refractivity contribution in [3.8, 4) is 0 Å². The van der Waals surface area contributed by atoms with E-state index in [1.54, 1.807) is 19.1 Å². The lowest BCUT2D eigenvalue weighted by Crippen LogP contribution is -2.14. The Balaban J connectivity index is 2.43. The molecule has 0 amide bonds. The number of hydrogen-bond donors (Lipinski definition) is 1. The van der Waals surface area contributed by atoms with Crippen LogP contribution in [0.15, 0.2) is 41.3 Å². The van der Waals surface area contributed by atoms with E-state index in [9.17, 15) is 17.2 Å². The molecule has 0 fully saturated rings. The van der Waals surface area contributed by atoms with E-state index < -0.39 is 21.7 Å². The second-order valence-corrected chi connectivity index (χ2v) is 6.26. The van der Waals surface area contributed by atoms with Crippen LogP contribution in [0.4, 0.5) is 14.5 Å². The van der Waals surface area contributed by atoms with E-state index in [-0.39, 0.29) is 15.6 Å². The molecule has 2 rings (SSSR count). The molecular weight excluding hydrogens is 308 g/mol. The molecule has 20 heavy (non-hydrogen) atoms. The molecule has 1 N–H and O–H groups in total. The van der Waals surface area contributed by atoms with Crippen LogP contribution in [0.5, 0.6) is 0 Å². The Morgan fingerprint density at radius 2 is 1.65 bits per heavy atom. The van der Waals surface area contributed by atoms with E-state index in [1.165, 1.54) is 6.07 Å². The second-order valence-electron chi connectivity index (χ2n) is 4.17. The Hall–Kier alpha value is -1.66. The van der Waals surface area contributed by atoms with Crippen molar-refractivity contribution >= 4 is 27.3 Å². The third kappa shape index (κ3) is 3.26. The van der Waals surface area contributed by atoms with Crippen molar-refractivity contribution in [2.75, 3.05) is 4.72 Å². The van der Waals surface area contributed by atoms with Gasteiger partial charge in [0.15, 0.2) is 0 Å². The van der Waals surface area contributed by atoms with Crippen LogP contribution in [-0.4, -0.2) is 8.42 Å². The van der Waals surface area contributed by atoms with Crippen molar-refractivity contribution in [3.63, 3.8) is 0 Å². The predicted molar refractivity (Wildman–Crippen MR) is 73.4 cm³/mol. The van der Waals surface area contributed by atoms with E-state index >= 15 is 0 Å². The summed E-state index contributed by atoms with van der Waals surface area (Å²) in [4.78, 5) is -0.0466. The number of hydrogen-bond acceptors (Lipinski definition) is 2. The molecule has 106 valence electrons. The number of aryl methyl sites for hydroxylation is 1. The molecule has 0 atom stereocenters. The minimum Gasteiger partial charge on any atom is -0.279 e. The van der Waals surface area contributed by atoms with Gasteiger partial charge in [-0.1, -0.05) is 17.7 Å². The van der Waals surface area contributed by atoms with Crippen molar-refractivity contribution in [2.45, 2.75) is 11.8 Å². The van der Waals surface area contributed by atoms with Crippen LogP contribution in [0.1, 0.15) is 5.56 Å². The fraction of sp³-hybridized carbons (Fsp3) is 0.0769. The van der Waals surface area contributed by atoms with Gasteiger partial charge in [0.2, 0.25) is 0 Å². The molecular formula is C13H10ClF2NO2S. The largest absolute Gasteiger partial charge is 0.279 e. The minimum absolute atomic E-state index is 0.0466. The molecule has 7 heteroatoms. The number of nitrogens with one attached hydrogen (secondary N) is 1. The van der Waals surface area contributed by atoms with E-state index in [2.05, 4.69) is 4.72 Å². The van der Waals surface area contributed by atoms with Gasteiger partial charge in [-0.15, -0.1) is 0 Å². The molecule has 2 aromatic rings. The summed E-state index contributed by atoms with van der Waals surface area (Å²) in [7, 11) is -3.97. The molecule has 0 unspecified atom stereocenters. The van der Waals surface area contributed by atoms with Gasteiger partial charge >= 0.3 is 0 Å². The molecule has 0 radical (unpaired) electrons. The van der Waals surface area contributed by atoms with Crippen molar-refractivity contribution in [1.82, 2.24) is 0 Å². The van der Waals surface area contributed by atoms with Gasteiger partial charge in [-0.2, -0.15) is 0 Å². The quantitative estimate of drug-likeness (QED) is 0.937. The van der Waals surface area contributed by atoms with Crippen molar-refractivity contribution in [1.29, 1.82) is 0 Å². The van der Waals surface area contributed by atoms with E-state index in [1.807, 2.05) is 0 Å². The first-order valence-corrected chi connectivity index (χ1v) is 7.39. The number of benzene rings is 2. The normalized spacial score (nSPS) is 11.4. The van der Waals surface area contributed by atoms with Gasteiger partial charge in [0.1, 0.15) is 11.6 Å².